The molecule has 0 atom stereocenters. The number of hydrogen-bond donors (Lipinski definition) is 1. The van der Waals surface area contributed by atoms with Crippen molar-refractivity contribution in [1.29, 1.82) is 0 Å². The zero-order valence-electron chi connectivity index (χ0n) is 8.39. The molecule has 0 radical (unpaired) electrons. The minimum atomic E-state index is -0.109. The Balaban J connectivity index is 4.29. The summed E-state index contributed by atoms with van der Waals surface area (Å²) < 4.78 is 0. The lowest BCUT2D eigenvalue weighted by Gasteiger charge is -2.01. The van der Waals surface area contributed by atoms with Gasteiger partial charge in [-0.2, -0.15) is 0 Å². The predicted octanol–water partition coefficient (Wildman–Crippen LogP) is 2.07. The molecular formula is C9H15ClN2O. The highest BCUT2D eigenvalue weighted by Gasteiger charge is 1.95. The van der Waals surface area contributed by atoms with Gasteiger partial charge in [-0.05, 0) is 26.8 Å². The Labute approximate surface area is 83.9 Å². The first-order valence-electron chi connectivity index (χ1n) is 4.11. The molecule has 0 heterocycles. The summed E-state index contributed by atoms with van der Waals surface area (Å²) in [6, 6.07) is 0.161. The number of nitrogens with one attached hydrogen (secondary N) is 1. The summed E-state index contributed by atoms with van der Waals surface area (Å²) in [7, 11) is 0. The first-order valence-corrected chi connectivity index (χ1v) is 4.48. The first-order chi connectivity index (χ1) is 5.91. The summed E-state index contributed by atoms with van der Waals surface area (Å²) in [6.07, 6.45) is 1.63. The molecular weight excluding hydrogens is 188 g/mol. The molecule has 1 amide bonds. The number of allylic oxidation sites excluding steroid dienone is 2. The predicted molar refractivity (Wildman–Crippen MR) is 56.0 cm³/mol. The molecule has 1 N–H and O–H groups in total. The minimum absolute atomic E-state index is 0.109. The molecule has 0 rings (SSSR count). The lowest BCUT2D eigenvalue weighted by atomic mass is 10.4. The van der Waals surface area contributed by atoms with E-state index in [4.69, 9.17) is 11.6 Å². The maximum Gasteiger partial charge on any atom is 0.220 e. The molecule has 0 aliphatic heterocycles. The molecule has 0 saturated heterocycles. The van der Waals surface area contributed by atoms with Crippen LogP contribution in [0.1, 0.15) is 27.7 Å². The third-order valence-corrected chi connectivity index (χ3v) is 1.30. The second kappa shape index (κ2) is 5.75. The van der Waals surface area contributed by atoms with Crippen LogP contribution in [0.5, 0.6) is 0 Å². The zero-order valence-corrected chi connectivity index (χ0v) is 9.14. The van der Waals surface area contributed by atoms with Gasteiger partial charge in [0.05, 0.1) is 0 Å². The van der Waals surface area contributed by atoms with Crippen molar-refractivity contribution in [3.05, 3.63) is 11.8 Å². The number of rotatable bonds is 3. The smallest absolute Gasteiger partial charge is 0.220 e. The molecule has 0 aliphatic rings. The number of aliphatic imine (C=N–C) groups is 1. The Morgan fingerprint density at radius 3 is 2.38 bits per heavy atom. The van der Waals surface area contributed by atoms with Crippen molar-refractivity contribution in [1.82, 2.24) is 5.32 Å². The molecule has 4 heteroatoms. The average Bonchev–Trinajstić information content (AvgIpc) is 1.80. The Morgan fingerprint density at radius 2 is 2.00 bits per heavy atom. The number of carbonyl (C=O) groups excluding carboxylic acids is 1. The molecule has 0 bridgehead atoms. The lowest BCUT2D eigenvalue weighted by molar-refractivity contribution is -0.118. The maximum absolute atomic E-state index is 10.6. The van der Waals surface area contributed by atoms with Crippen molar-refractivity contribution in [2.24, 2.45) is 4.99 Å². The molecule has 0 aliphatic carbocycles. The van der Waals surface area contributed by atoms with E-state index in [1.54, 1.807) is 13.0 Å². The highest BCUT2D eigenvalue weighted by molar-refractivity contribution is 6.68. The summed E-state index contributed by atoms with van der Waals surface area (Å²) >= 11 is 5.78. The normalized spacial score (nSPS) is 13.4. The van der Waals surface area contributed by atoms with Crippen LogP contribution in [-0.2, 0) is 4.79 Å². The van der Waals surface area contributed by atoms with Crippen LogP contribution in [0.25, 0.3) is 0 Å². The van der Waals surface area contributed by atoms with Gasteiger partial charge in [0, 0.05) is 18.7 Å². The zero-order chi connectivity index (χ0) is 10.4. The van der Waals surface area contributed by atoms with Crippen LogP contribution in [0.3, 0.4) is 0 Å². The standard InChI is InChI=1S/C9H15ClN2O/c1-6(2)11-9(10)5-7(3)12-8(4)13/h5-6H,1-4H3,(H,12,13)/b7-5+,11-9?. The molecule has 0 spiro atoms. The number of carbonyl (C=O) groups is 1. The van der Waals surface area contributed by atoms with E-state index in [-0.39, 0.29) is 11.9 Å². The van der Waals surface area contributed by atoms with Gasteiger partial charge in [0.25, 0.3) is 0 Å². The molecule has 0 aromatic carbocycles. The van der Waals surface area contributed by atoms with E-state index in [1.165, 1.54) is 6.92 Å². The topological polar surface area (TPSA) is 41.5 Å². The SMILES string of the molecule is CC(=O)N/C(C)=C/C(Cl)=NC(C)C. The number of amides is 1. The molecule has 3 nitrogen and oxygen atoms in total. The largest absolute Gasteiger partial charge is 0.330 e. The van der Waals surface area contributed by atoms with Crippen LogP contribution >= 0.6 is 11.6 Å². The number of nitrogens with zero attached hydrogens (tertiary/aromatic N) is 1. The highest BCUT2D eigenvalue weighted by Crippen LogP contribution is 1.97. The quantitative estimate of drug-likeness (QED) is 0.700. The van der Waals surface area contributed by atoms with Gasteiger partial charge in [-0.1, -0.05) is 11.6 Å². The monoisotopic (exact) mass is 202 g/mol. The molecule has 74 valence electrons. The fourth-order valence-electron chi connectivity index (χ4n) is 0.776. The molecule has 0 aromatic heterocycles. The molecule has 0 fully saturated rings. The van der Waals surface area contributed by atoms with Crippen LogP contribution in [-0.4, -0.2) is 17.1 Å². The van der Waals surface area contributed by atoms with E-state index in [1.807, 2.05) is 13.8 Å². The molecule has 0 aromatic rings. The van der Waals surface area contributed by atoms with Gasteiger partial charge in [0.1, 0.15) is 5.17 Å². The van der Waals surface area contributed by atoms with Gasteiger partial charge in [-0.25, -0.2) is 0 Å². The molecule has 0 saturated carbocycles. The van der Waals surface area contributed by atoms with Gasteiger partial charge in [0.2, 0.25) is 5.91 Å². The average molecular weight is 203 g/mol. The Hall–Kier alpha value is -0.830. The third-order valence-electron chi connectivity index (χ3n) is 1.09. The van der Waals surface area contributed by atoms with Crippen molar-refractivity contribution in [3.63, 3.8) is 0 Å². The molecule has 13 heavy (non-hydrogen) atoms. The summed E-state index contributed by atoms with van der Waals surface area (Å²) in [5, 5.41) is 3.01. The highest BCUT2D eigenvalue weighted by atomic mass is 35.5. The van der Waals surface area contributed by atoms with Gasteiger partial charge < -0.3 is 5.32 Å². The van der Waals surface area contributed by atoms with Crippen molar-refractivity contribution in [3.8, 4) is 0 Å². The van der Waals surface area contributed by atoms with Gasteiger partial charge >= 0.3 is 0 Å². The maximum atomic E-state index is 10.6. The summed E-state index contributed by atoms with van der Waals surface area (Å²) in [4.78, 5) is 14.7. The number of hydrogen-bond acceptors (Lipinski definition) is 2. The van der Waals surface area contributed by atoms with E-state index in [2.05, 4.69) is 10.3 Å². The van der Waals surface area contributed by atoms with E-state index in [0.29, 0.717) is 10.9 Å². The van der Waals surface area contributed by atoms with Crippen LogP contribution in [0.2, 0.25) is 0 Å². The molecule has 0 unspecified atom stereocenters. The Morgan fingerprint density at radius 1 is 1.46 bits per heavy atom. The summed E-state index contributed by atoms with van der Waals surface area (Å²) in [5.74, 6) is -0.109. The second-order valence-electron chi connectivity index (χ2n) is 3.05. The van der Waals surface area contributed by atoms with E-state index < -0.39 is 0 Å². The minimum Gasteiger partial charge on any atom is -0.330 e. The Bertz CT molecular complexity index is 244. The van der Waals surface area contributed by atoms with E-state index in [9.17, 15) is 4.79 Å². The van der Waals surface area contributed by atoms with Crippen molar-refractivity contribution < 1.29 is 4.79 Å². The van der Waals surface area contributed by atoms with E-state index in [0.717, 1.165) is 0 Å². The Kier molecular flexibility index (Phi) is 5.39. The fourth-order valence-corrected chi connectivity index (χ4v) is 1.14. The van der Waals surface area contributed by atoms with Gasteiger partial charge in [-0.3, -0.25) is 9.79 Å². The number of halogens is 1. The summed E-state index contributed by atoms with van der Waals surface area (Å²) in [6.45, 7) is 7.08. The third kappa shape index (κ3) is 7.53. The van der Waals surface area contributed by atoms with Crippen molar-refractivity contribution in [2.45, 2.75) is 33.7 Å². The van der Waals surface area contributed by atoms with Gasteiger partial charge in [-0.15, -0.1) is 0 Å². The van der Waals surface area contributed by atoms with Crippen LogP contribution in [0.4, 0.5) is 0 Å². The fraction of sp³-hybridized carbons (Fsp3) is 0.556. The van der Waals surface area contributed by atoms with Crippen LogP contribution in [0, 0.1) is 0 Å². The van der Waals surface area contributed by atoms with Crippen molar-refractivity contribution >= 4 is 22.7 Å². The van der Waals surface area contributed by atoms with Crippen molar-refractivity contribution in [2.75, 3.05) is 0 Å². The van der Waals surface area contributed by atoms with E-state index >= 15 is 0 Å². The summed E-state index contributed by atoms with van der Waals surface area (Å²) in [5.41, 5.74) is 0.696. The van der Waals surface area contributed by atoms with Crippen LogP contribution < -0.4 is 5.32 Å². The first kappa shape index (κ1) is 12.2. The second-order valence-corrected chi connectivity index (χ2v) is 3.44. The lowest BCUT2D eigenvalue weighted by Crippen LogP contribution is -2.17. The van der Waals surface area contributed by atoms with Crippen LogP contribution in [0.15, 0.2) is 16.8 Å². The van der Waals surface area contributed by atoms with Gasteiger partial charge in [0.15, 0.2) is 0 Å².